The number of hydrogen-bond acceptors (Lipinski definition) is 2. The monoisotopic (exact) mass is 292 g/mol. The van der Waals surface area contributed by atoms with Gasteiger partial charge in [0, 0.05) is 37.3 Å². The molecule has 2 nitrogen and oxygen atoms in total. The second-order valence-electron chi connectivity index (χ2n) is 6.07. The average molecular weight is 293 g/mol. The van der Waals surface area contributed by atoms with Gasteiger partial charge < -0.3 is 5.32 Å². The van der Waals surface area contributed by atoms with E-state index in [0.717, 1.165) is 19.6 Å². The van der Waals surface area contributed by atoms with Gasteiger partial charge in [-0.1, -0.05) is 55.8 Å². The Morgan fingerprint density at radius 2 is 2.10 bits per heavy atom. The summed E-state index contributed by atoms with van der Waals surface area (Å²) >= 11 is 5.86. The van der Waals surface area contributed by atoms with Crippen LogP contribution in [0.5, 0.6) is 0 Å². The average Bonchev–Trinajstić information content (AvgIpc) is 2.47. The fraction of sp³-hybridized carbons (Fsp3) is 0.529. The topological polar surface area (TPSA) is 15.3 Å². The molecule has 1 aromatic carbocycles. The SMILES string of the molecule is C/C(=C\Cl)CN1CC(C(C)C)NCC1c1ccccc1. The Kier molecular flexibility index (Phi) is 5.64. The molecular weight excluding hydrogens is 268 g/mol. The molecule has 1 saturated heterocycles. The van der Waals surface area contributed by atoms with Gasteiger partial charge in [0.1, 0.15) is 0 Å². The standard InChI is InChI=1S/C17H25ClN2/c1-13(2)16-12-20(11-14(3)9-18)17(10-19-16)15-7-5-4-6-8-15/h4-9,13,16-17,19H,10-12H2,1-3H3/b14-9+. The van der Waals surface area contributed by atoms with Crippen LogP contribution in [-0.4, -0.2) is 30.6 Å². The van der Waals surface area contributed by atoms with Gasteiger partial charge in [-0.05, 0) is 24.0 Å². The second-order valence-corrected chi connectivity index (χ2v) is 6.29. The first-order valence-corrected chi connectivity index (χ1v) is 7.83. The first kappa shape index (κ1) is 15.6. The highest BCUT2D eigenvalue weighted by Crippen LogP contribution is 2.26. The molecule has 2 unspecified atom stereocenters. The zero-order valence-electron chi connectivity index (χ0n) is 12.6. The van der Waals surface area contributed by atoms with Crippen molar-refractivity contribution in [3.8, 4) is 0 Å². The van der Waals surface area contributed by atoms with Crippen LogP contribution in [0.2, 0.25) is 0 Å². The summed E-state index contributed by atoms with van der Waals surface area (Å²) in [5, 5.41) is 3.69. The van der Waals surface area contributed by atoms with Crippen molar-refractivity contribution in [1.82, 2.24) is 10.2 Å². The number of nitrogens with one attached hydrogen (secondary N) is 1. The van der Waals surface area contributed by atoms with Crippen molar-refractivity contribution in [2.45, 2.75) is 32.9 Å². The number of benzene rings is 1. The number of halogens is 1. The molecule has 0 bridgehead atoms. The van der Waals surface area contributed by atoms with E-state index in [1.807, 2.05) is 0 Å². The van der Waals surface area contributed by atoms with Crippen molar-refractivity contribution in [3.63, 3.8) is 0 Å². The Labute approximate surface area is 127 Å². The second kappa shape index (κ2) is 7.26. The van der Waals surface area contributed by atoms with Crippen LogP contribution in [0, 0.1) is 5.92 Å². The molecule has 0 aliphatic carbocycles. The van der Waals surface area contributed by atoms with Gasteiger partial charge in [0.15, 0.2) is 0 Å². The molecule has 1 heterocycles. The van der Waals surface area contributed by atoms with Crippen molar-refractivity contribution in [1.29, 1.82) is 0 Å². The van der Waals surface area contributed by atoms with Gasteiger partial charge in [0.05, 0.1) is 0 Å². The predicted octanol–water partition coefficient (Wildman–Crippen LogP) is 3.80. The minimum absolute atomic E-state index is 0.428. The molecule has 1 aliphatic rings. The third-order valence-electron chi connectivity index (χ3n) is 4.07. The lowest BCUT2D eigenvalue weighted by atomic mass is 9.95. The molecule has 20 heavy (non-hydrogen) atoms. The molecule has 0 aromatic heterocycles. The van der Waals surface area contributed by atoms with Crippen LogP contribution >= 0.6 is 11.6 Å². The lowest BCUT2D eigenvalue weighted by Gasteiger charge is -2.42. The van der Waals surface area contributed by atoms with Crippen LogP contribution in [0.1, 0.15) is 32.4 Å². The van der Waals surface area contributed by atoms with Crippen molar-refractivity contribution < 1.29 is 0 Å². The van der Waals surface area contributed by atoms with Gasteiger partial charge in [-0.15, -0.1) is 0 Å². The zero-order valence-corrected chi connectivity index (χ0v) is 13.4. The van der Waals surface area contributed by atoms with Gasteiger partial charge >= 0.3 is 0 Å². The van der Waals surface area contributed by atoms with Crippen LogP contribution < -0.4 is 5.32 Å². The molecule has 3 heteroatoms. The van der Waals surface area contributed by atoms with Gasteiger partial charge in [0.2, 0.25) is 0 Å². The number of rotatable bonds is 4. The van der Waals surface area contributed by atoms with E-state index in [1.54, 1.807) is 5.54 Å². The summed E-state index contributed by atoms with van der Waals surface area (Å²) in [5.41, 5.74) is 4.30. The van der Waals surface area contributed by atoms with E-state index in [9.17, 15) is 0 Å². The molecule has 0 spiro atoms. The molecule has 1 N–H and O–H groups in total. The Hall–Kier alpha value is -0.830. The maximum absolute atomic E-state index is 5.86. The Bertz CT molecular complexity index is 442. The molecule has 1 aliphatic heterocycles. The quantitative estimate of drug-likeness (QED) is 0.908. The molecule has 1 fully saturated rings. The lowest BCUT2D eigenvalue weighted by Crippen LogP contribution is -2.54. The first-order valence-electron chi connectivity index (χ1n) is 7.40. The van der Waals surface area contributed by atoms with Crippen LogP contribution in [0.4, 0.5) is 0 Å². The Morgan fingerprint density at radius 1 is 1.40 bits per heavy atom. The van der Waals surface area contributed by atoms with Crippen LogP contribution in [-0.2, 0) is 0 Å². The van der Waals surface area contributed by atoms with E-state index in [-0.39, 0.29) is 0 Å². The van der Waals surface area contributed by atoms with Crippen LogP contribution in [0.25, 0.3) is 0 Å². The normalized spacial score (nSPS) is 25.1. The van der Waals surface area contributed by atoms with Gasteiger partial charge in [-0.3, -0.25) is 4.90 Å². The van der Waals surface area contributed by atoms with Crippen molar-refractivity contribution in [2.24, 2.45) is 5.92 Å². The summed E-state index contributed by atoms with van der Waals surface area (Å²) in [6.45, 7) is 9.67. The highest BCUT2D eigenvalue weighted by molar-refractivity contribution is 6.25. The van der Waals surface area contributed by atoms with Gasteiger partial charge in [-0.2, -0.15) is 0 Å². The number of hydrogen-bond donors (Lipinski definition) is 1. The predicted molar refractivity (Wildman–Crippen MR) is 87.0 cm³/mol. The molecule has 0 saturated carbocycles. The number of piperazine rings is 1. The summed E-state index contributed by atoms with van der Waals surface area (Å²) in [7, 11) is 0. The van der Waals surface area contributed by atoms with E-state index < -0.39 is 0 Å². The maximum Gasteiger partial charge on any atom is 0.0476 e. The first-order chi connectivity index (χ1) is 9.61. The maximum atomic E-state index is 5.86. The highest BCUT2D eigenvalue weighted by Gasteiger charge is 2.30. The summed E-state index contributed by atoms with van der Waals surface area (Å²) in [6.07, 6.45) is 0. The smallest absolute Gasteiger partial charge is 0.0476 e. The molecule has 2 atom stereocenters. The van der Waals surface area contributed by atoms with E-state index in [2.05, 4.69) is 61.3 Å². The minimum atomic E-state index is 0.428. The van der Waals surface area contributed by atoms with E-state index in [4.69, 9.17) is 11.6 Å². The summed E-state index contributed by atoms with van der Waals surface area (Å²) in [4.78, 5) is 2.55. The van der Waals surface area contributed by atoms with Crippen molar-refractivity contribution >= 4 is 11.6 Å². The lowest BCUT2D eigenvalue weighted by molar-refractivity contribution is 0.124. The molecular formula is C17H25ClN2. The summed E-state index contributed by atoms with van der Waals surface area (Å²) < 4.78 is 0. The highest BCUT2D eigenvalue weighted by atomic mass is 35.5. The van der Waals surface area contributed by atoms with E-state index in [0.29, 0.717) is 18.0 Å². The molecule has 1 aromatic rings. The fourth-order valence-electron chi connectivity index (χ4n) is 2.82. The fourth-order valence-corrected chi connectivity index (χ4v) is 2.89. The molecule has 0 radical (unpaired) electrons. The van der Waals surface area contributed by atoms with Crippen molar-refractivity contribution in [3.05, 3.63) is 47.0 Å². The molecule has 110 valence electrons. The third-order valence-corrected chi connectivity index (χ3v) is 4.45. The van der Waals surface area contributed by atoms with Gasteiger partial charge in [-0.25, -0.2) is 0 Å². The molecule has 0 amide bonds. The van der Waals surface area contributed by atoms with Gasteiger partial charge in [0.25, 0.3) is 0 Å². The van der Waals surface area contributed by atoms with Crippen LogP contribution in [0.15, 0.2) is 41.4 Å². The van der Waals surface area contributed by atoms with E-state index in [1.165, 1.54) is 11.1 Å². The van der Waals surface area contributed by atoms with E-state index >= 15 is 0 Å². The largest absolute Gasteiger partial charge is 0.311 e. The Balaban J connectivity index is 2.17. The third kappa shape index (κ3) is 3.85. The number of nitrogens with zero attached hydrogens (tertiary/aromatic N) is 1. The zero-order chi connectivity index (χ0) is 14.5. The Morgan fingerprint density at radius 3 is 2.70 bits per heavy atom. The van der Waals surface area contributed by atoms with Crippen molar-refractivity contribution in [2.75, 3.05) is 19.6 Å². The summed E-state index contributed by atoms with van der Waals surface area (Å²) in [6, 6.07) is 11.7. The van der Waals surface area contributed by atoms with Crippen LogP contribution in [0.3, 0.4) is 0 Å². The minimum Gasteiger partial charge on any atom is -0.311 e. The molecule has 2 rings (SSSR count). The summed E-state index contributed by atoms with van der Waals surface area (Å²) in [5.74, 6) is 0.648.